The van der Waals surface area contributed by atoms with Gasteiger partial charge in [-0.25, -0.2) is 0 Å². The lowest BCUT2D eigenvalue weighted by molar-refractivity contribution is -0.130. The van der Waals surface area contributed by atoms with Crippen molar-refractivity contribution in [2.75, 3.05) is 12.4 Å². The lowest BCUT2D eigenvalue weighted by atomic mass is 9.93. The summed E-state index contributed by atoms with van der Waals surface area (Å²) in [5.41, 5.74) is 0.563. The maximum absolute atomic E-state index is 13.0. The molecule has 0 bridgehead atoms. The van der Waals surface area contributed by atoms with Crippen molar-refractivity contribution >= 4 is 40.7 Å². The van der Waals surface area contributed by atoms with Crippen LogP contribution >= 0.6 is 23.1 Å². The molecule has 29 heavy (non-hydrogen) atoms. The summed E-state index contributed by atoms with van der Waals surface area (Å²) in [4.78, 5) is 37.8. The first-order valence-corrected chi connectivity index (χ1v) is 11.4. The van der Waals surface area contributed by atoms with Crippen LogP contribution in [0.15, 0.2) is 47.2 Å². The number of rotatable bonds is 8. The maximum atomic E-state index is 13.0. The molecule has 2 aromatic rings. The number of thiophene rings is 1. The van der Waals surface area contributed by atoms with Crippen LogP contribution in [0.5, 0.6) is 0 Å². The Kier molecular flexibility index (Phi) is 7.10. The van der Waals surface area contributed by atoms with Crippen molar-refractivity contribution in [1.29, 1.82) is 0 Å². The first-order valence-electron chi connectivity index (χ1n) is 9.32. The fourth-order valence-corrected chi connectivity index (χ4v) is 4.60. The van der Waals surface area contributed by atoms with Crippen molar-refractivity contribution in [2.24, 2.45) is 0 Å². The molecule has 0 unspecified atom stereocenters. The minimum Gasteiger partial charge on any atom is -0.368 e. The fraction of sp³-hybridized carbons (Fsp3) is 0.381. The molecule has 1 aromatic heterocycles. The Hall–Kier alpha value is -2.16. The van der Waals surface area contributed by atoms with Gasteiger partial charge in [0.1, 0.15) is 18.2 Å². The number of carbonyl (C=O) groups excluding carboxylic acids is 3. The highest BCUT2D eigenvalue weighted by Gasteiger charge is 2.47. The van der Waals surface area contributed by atoms with Crippen LogP contribution in [-0.4, -0.2) is 47.6 Å². The quantitative estimate of drug-likeness (QED) is 0.670. The third-order valence-electron chi connectivity index (χ3n) is 5.04. The molecule has 8 heteroatoms. The van der Waals surface area contributed by atoms with E-state index in [2.05, 4.69) is 10.6 Å². The molecule has 2 heterocycles. The standard InChI is InChI=1S/C21H24N2O4S2/c1-14-21(2,18(24)10-27-14)23-20(26)17(22-19(25)16-8-9-28-12-16)13-29-11-15-6-4-3-5-7-15/h3-9,12,14,17H,10-11,13H2,1-2H3,(H,22,25)(H,23,26)/t14-,17+,21-/m1/s1. The van der Waals surface area contributed by atoms with Crippen LogP contribution in [-0.2, 0) is 20.1 Å². The third-order valence-corrected chi connectivity index (χ3v) is 6.83. The molecule has 0 spiro atoms. The number of amides is 2. The molecule has 2 N–H and O–H groups in total. The normalized spacial score (nSPS) is 22.3. The summed E-state index contributed by atoms with van der Waals surface area (Å²) in [5.74, 6) is 0.240. The Labute approximate surface area is 178 Å². The predicted molar refractivity (Wildman–Crippen MR) is 115 cm³/mol. The zero-order chi connectivity index (χ0) is 20.9. The second kappa shape index (κ2) is 9.56. The summed E-state index contributed by atoms with van der Waals surface area (Å²) in [7, 11) is 0. The SMILES string of the molecule is C[C@H]1OCC(=O)[C@]1(C)NC(=O)[C@H](CSCc1ccccc1)NC(=O)c1ccsc1. The van der Waals surface area contributed by atoms with Gasteiger partial charge in [-0.3, -0.25) is 14.4 Å². The van der Waals surface area contributed by atoms with Crippen molar-refractivity contribution < 1.29 is 19.1 Å². The summed E-state index contributed by atoms with van der Waals surface area (Å²) in [6.07, 6.45) is -0.427. The van der Waals surface area contributed by atoms with Gasteiger partial charge in [0.05, 0.1) is 11.7 Å². The Morgan fingerprint density at radius 3 is 2.69 bits per heavy atom. The summed E-state index contributed by atoms with van der Waals surface area (Å²) in [5, 5.41) is 9.17. The van der Waals surface area contributed by atoms with Crippen LogP contribution in [0.3, 0.4) is 0 Å². The molecule has 2 amide bonds. The minimum absolute atomic E-state index is 0.0212. The highest BCUT2D eigenvalue weighted by molar-refractivity contribution is 7.98. The van der Waals surface area contributed by atoms with Crippen LogP contribution < -0.4 is 10.6 Å². The van der Waals surface area contributed by atoms with Gasteiger partial charge in [0.15, 0.2) is 5.78 Å². The van der Waals surface area contributed by atoms with Crippen LogP contribution in [0.2, 0.25) is 0 Å². The lowest BCUT2D eigenvalue weighted by Gasteiger charge is -2.29. The van der Waals surface area contributed by atoms with Gasteiger partial charge in [0.2, 0.25) is 5.91 Å². The number of hydrogen-bond donors (Lipinski definition) is 2. The van der Waals surface area contributed by atoms with Gasteiger partial charge in [0.25, 0.3) is 5.91 Å². The van der Waals surface area contributed by atoms with Gasteiger partial charge >= 0.3 is 0 Å². The number of benzene rings is 1. The molecule has 1 saturated heterocycles. The molecule has 3 rings (SSSR count). The average Bonchev–Trinajstić information content (AvgIpc) is 3.33. The van der Waals surface area contributed by atoms with Crippen molar-refractivity contribution in [3.63, 3.8) is 0 Å². The van der Waals surface area contributed by atoms with Gasteiger partial charge in [-0.05, 0) is 30.9 Å². The molecular weight excluding hydrogens is 408 g/mol. The van der Waals surface area contributed by atoms with E-state index in [1.807, 2.05) is 35.7 Å². The lowest BCUT2D eigenvalue weighted by Crippen LogP contribution is -2.60. The summed E-state index contributed by atoms with van der Waals surface area (Å²) >= 11 is 2.97. The van der Waals surface area contributed by atoms with E-state index in [1.165, 1.54) is 11.3 Å². The Balaban J connectivity index is 1.68. The molecule has 154 valence electrons. The molecule has 0 saturated carbocycles. The first-order chi connectivity index (χ1) is 13.9. The van der Waals surface area contributed by atoms with Crippen molar-refractivity contribution in [3.8, 4) is 0 Å². The van der Waals surface area contributed by atoms with Gasteiger partial charge in [-0.2, -0.15) is 23.1 Å². The molecule has 6 nitrogen and oxygen atoms in total. The predicted octanol–water partition coefficient (Wildman–Crippen LogP) is 2.64. The zero-order valence-electron chi connectivity index (χ0n) is 16.3. The van der Waals surface area contributed by atoms with Gasteiger partial charge in [-0.1, -0.05) is 30.3 Å². The molecule has 1 aromatic carbocycles. The number of nitrogens with one attached hydrogen (secondary N) is 2. The minimum atomic E-state index is -1.09. The van der Waals surface area contributed by atoms with Crippen LogP contribution in [0, 0.1) is 0 Å². The Morgan fingerprint density at radius 1 is 1.31 bits per heavy atom. The van der Waals surface area contributed by atoms with E-state index in [0.717, 1.165) is 5.56 Å². The average molecular weight is 433 g/mol. The van der Waals surface area contributed by atoms with E-state index in [0.29, 0.717) is 17.1 Å². The van der Waals surface area contributed by atoms with E-state index >= 15 is 0 Å². The van der Waals surface area contributed by atoms with Gasteiger partial charge in [-0.15, -0.1) is 0 Å². The Bertz CT molecular complexity index is 857. The largest absolute Gasteiger partial charge is 0.368 e. The molecular formula is C21H24N2O4S2. The molecule has 1 aliphatic rings. The molecule has 0 aliphatic carbocycles. The summed E-state index contributed by atoms with van der Waals surface area (Å²) < 4.78 is 5.38. The summed E-state index contributed by atoms with van der Waals surface area (Å²) in [6, 6.07) is 10.9. The number of thioether (sulfide) groups is 1. The van der Waals surface area contributed by atoms with Crippen LogP contribution in [0.25, 0.3) is 0 Å². The van der Waals surface area contributed by atoms with Crippen molar-refractivity contribution in [2.45, 2.75) is 37.3 Å². The smallest absolute Gasteiger partial charge is 0.252 e. The molecule has 3 atom stereocenters. The van der Waals surface area contributed by atoms with Gasteiger partial charge < -0.3 is 15.4 Å². The number of ether oxygens (including phenoxy) is 1. The second-order valence-corrected chi connectivity index (χ2v) is 8.92. The van der Waals surface area contributed by atoms with Crippen LogP contribution in [0.4, 0.5) is 0 Å². The third kappa shape index (κ3) is 5.26. The fourth-order valence-electron chi connectivity index (χ4n) is 2.95. The van der Waals surface area contributed by atoms with E-state index < -0.39 is 17.7 Å². The molecule has 0 radical (unpaired) electrons. The van der Waals surface area contributed by atoms with Gasteiger partial charge in [0, 0.05) is 16.9 Å². The van der Waals surface area contributed by atoms with E-state index in [4.69, 9.17) is 4.74 Å². The topological polar surface area (TPSA) is 84.5 Å². The number of hydrogen-bond acceptors (Lipinski definition) is 6. The van der Waals surface area contributed by atoms with E-state index in [-0.39, 0.29) is 24.2 Å². The number of carbonyl (C=O) groups is 3. The highest BCUT2D eigenvalue weighted by atomic mass is 32.2. The van der Waals surface area contributed by atoms with E-state index in [9.17, 15) is 14.4 Å². The molecule has 1 fully saturated rings. The zero-order valence-corrected chi connectivity index (χ0v) is 18.0. The second-order valence-electron chi connectivity index (χ2n) is 7.11. The first kappa shape index (κ1) is 21.5. The number of Topliss-reactive ketones (excluding diaryl/α,β-unsaturated/α-hetero) is 1. The maximum Gasteiger partial charge on any atom is 0.252 e. The highest BCUT2D eigenvalue weighted by Crippen LogP contribution is 2.23. The van der Waals surface area contributed by atoms with Crippen LogP contribution in [0.1, 0.15) is 29.8 Å². The van der Waals surface area contributed by atoms with Crippen molar-refractivity contribution in [1.82, 2.24) is 10.6 Å². The van der Waals surface area contributed by atoms with E-state index in [1.54, 1.807) is 37.1 Å². The summed E-state index contributed by atoms with van der Waals surface area (Å²) in [6.45, 7) is 3.40. The monoisotopic (exact) mass is 432 g/mol. The van der Waals surface area contributed by atoms with Crippen molar-refractivity contribution in [3.05, 3.63) is 58.3 Å². The Morgan fingerprint density at radius 2 is 2.07 bits per heavy atom. The number of ketones is 1. The molecule has 1 aliphatic heterocycles.